The third kappa shape index (κ3) is 3.91. The van der Waals surface area contributed by atoms with Gasteiger partial charge in [-0.25, -0.2) is 4.98 Å². The maximum Gasteiger partial charge on any atom is 0.263 e. The van der Waals surface area contributed by atoms with E-state index in [1.807, 2.05) is 63.3 Å². The molecule has 1 aromatic carbocycles. The molecule has 6 heteroatoms. The van der Waals surface area contributed by atoms with Gasteiger partial charge >= 0.3 is 0 Å². The molecule has 3 rings (SSSR count). The molecule has 0 spiro atoms. The van der Waals surface area contributed by atoms with Crippen molar-refractivity contribution in [3.63, 3.8) is 0 Å². The number of carbonyl (C=O) groups is 1. The van der Waals surface area contributed by atoms with Gasteiger partial charge in [-0.3, -0.25) is 4.79 Å². The zero-order chi connectivity index (χ0) is 18.5. The molecule has 0 fully saturated rings. The van der Waals surface area contributed by atoms with E-state index in [4.69, 9.17) is 4.52 Å². The molecule has 134 valence electrons. The minimum atomic E-state index is -0.0624. The summed E-state index contributed by atoms with van der Waals surface area (Å²) in [6.07, 6.45) is 4.76. The van der Waals surface area contributed by atoms with Gasteiger partial charge in [0.15, 0.2) is 0 Å². The Labute approximate surface area is 156 Å². The van der Waals surface area contributed by atoms with Gasteiger partial charge in [0.1, 0.15) is 21.3 Å². The smallest absolute Gasteiger partial charge is 0.263 e. The number of thiazole rings is 1. The van der Waals surface area contributed by atoms with Crippen molar-refractivity contribution in [1.29, 1.82) is 0 Å². The van der Waals surface area contributed by atoms with E-state index in [9.17, 15) is 4.79 Å². The molecular weight excluding hydrogens is 346 g/mol. The molecule has 2 heterocycles. The Hall–Kier alpha value is -2.73. The minimum Gasteiger partial charge on any atom is -0.360 e. The Morgan fingerprint density at radius 1 is 1.23 bits per heavy atom. The number of benzene rings is 1. The first-order valence-corrected chi connectivity index (χ1v) is 9.37. The zero-order valence-electron chi connectivity index (χ0n) is 15.1. The van der Waals surface area contributed by atoms with Gasteiger partial charge in [-0.2, -0.15) is 0 Å². The van der Waals surface area contributed by atoms with Crippen molar-refractivity contribution in [3.05, 3.63) is 57.2 Å². The first-order chi connectivity index (χ1) is 12.6. The highest BCUT2D eigenvalue weighted by Gasteiger charge is 2.15. The van der Waals surface area contributed by atoms with Crippen LogP contribution >= 0.6 is 11.3 Å². The summed E-state index contributed by atoms with van der Waals surface area (Å²) in [5, 5.41) is 7.85. The van der Waals surface area contributed by atoms with Crippen LogP contribution in [0.15, 0.2) is 34.9 Å². The summed E-state index contributed by atoms with van der Waals surface area (Å²) in [4.78, 5) is 17.3. The number of amides is 1. The van der Waals surface area contributed by atoms with Crippen LogP contribution in [0.3, 0.4) is 0 Å². The summed E-state index contributed by atoms with van der Waals surface area (Å²) < 4.78 is 5.37. The van der Waals surface area contributed by atoms with Crippen LogP contribution in [0, 0.1) is 13.8 Å². The van der Waals surface area contributed by atoms with E-state index in [0.29, 0.717) is 11.4 Å². The average Bonchev–Trinajstić information content (AvgIpc) is 3.21. The van der Waals surface area contributed by atoms with E-state index in [0.717, 1.165) is 39.7 Å². The Balaban J connectivity index is 1.86. The molecule has 0 aliphatic carbocycles. The molecule has 1 amide bonds. The molecule has 2 aromatic heterocycles. The highest BCUT2D eigenvalue weighted by Crippen LogP contribution is 2.27. The summed E-state index contributed by atoms with van der Waals surface area (Å²) in [5.74, 6) is 0.682. The van der Waals surface area contributed by atoms with E-state index in [2.05, 4.69) is 15.5 Å². The van der Waals surface area contributed by atoms with Gasteiger partial charge in [-0.1, -0.05) is 42.4 Å². The molecule has 5 nitrogen and oxygen atoms in total. The fraction of sp³-hybridized carbons (Fsp3) is 0.250. The van der Waals surface area contributed by atoms with E-state index in [1.54, 1.807) is 0 Å². The molecule has 0 radical (unpaired) electrons. The Morgan fingerprint density at radius 2 is 2.00 bits per heavy atom. The molecule has 0 aliphatic heterocycles. The van der Waals surface area contributed by atoms with Gasteiger partial charge in [0, 0.05) is 17.7 Å². The lowest BCUT2D eigenvalue weighted by Gasteiger charge is -2.00. The largest absolute Gasteiger partial charge is 0.360 e. The van der Waals surface area contributed by atoms with Crippen LogP contribution in [0.2, 0.25) is 0 Å². The molecule has 0 unspecified atom stereocenters. The summed E-state index contributed by atoms with van der Waals surface area (Å²) in [6, 6.07) is 9.91. The second-order valence-corrected chi connectivity index (χ2v) is 6.95. The number of aryl methyl sites for hydroxylation is 2. The first kappa shape index (κ1) is 18.1. The SMILES string of the molecule is CCCNC(=O)c1sc(C=Cc2c(-c3ccccc3)noc2C)nc1C. The summed E-state index contributed by atoms with van der Waals surface area (Å²) in [7, 11) is 0. The Kier molecular flexibility index (Phi) is 5.63. The number of aromatic nitrogens is 2. The third-order valence-electron chi connectivity index (χ3n) is 3.90. The number of hydrogen-bond donors (Lipinski definition) is 1. The lowest BCUT2D eigenvalue weighted by molar-refractivity contribution is 0.0957. The van der Waals surface area contributed by atoms with E-state index < -0.39 is 0 Å². The molecule has 0 saturated heterocycles. The van der Waals surface area contributed by atoms with Gasteiger partial charge in [-0.15, -0.1) is 11.3 Å². The maximum atomic E-state index is 12.2. The van der Waals surface area contributed by atoms with E-state index in [1.165, 1.54) is 11.3 Å². The lowest BCUT2D eigenvalue weighted by atomic mass is 10.1. The van der Waals surface area contributed by atoms with Crippen LogP contribution in [0.4, 0.5) is 0 Å². The quantitative estimate of drug-likeness (QED) is 0.684. The van der Waals surface area contributed by atoms with Crippen molar-refractivity contribution < 1.29 is 9.32 Å². The van der Waals surface area contributed by atoms with Gasteiger partial charge in [0.2, 0.25) is 0 Å². The molecule has 1 N–H and O–H groups in total. The molecular formula is C20H21N3O2S. The van der Waals surface area contributed by atoms with Crippen molar-refractivity contribution in [2.45, 2.75) is 27.2 Å². The predicted molar refractivity (Wildman–Crippen MR) is 105 cm³/mol. The number of carbonyl (C=O) groups excluding carboxylic acids is 1. The second-order valence-electron chi connectivity index (χ2n) is 5.92. The van der Waals surface area contributed by atoms with Crippen molar-refractivity contribution in [3.8, 4) is 11.3 Å². The van der Waals surface area contributed by atoms with Crippen LogP contribution in [0.25, 0.3) is 23.4 Å². The van der Waals surface area contributed by atoms with Crippen LogP contribution in [-0.4, -0.2) is 22.6 Å². The fourth-order valence-corrected chi connectivity index (χ4v) is 3.44. The first-order valence-electron chi connectivity index (χ1n) is 8.55. The van der Waals surface area contributed by atoms with Crippen molar-refractivity contribution in [2.75, 3.05) is 6.54 Å². The monoisotopic (exact) mass is 367 g/mol. The summed E-state index contributed by atoms with van der Waals surface area (Å²) >= 11 is 1.39. The number of hydrogen-bond acceptors (Lipinski definition) is 5. The fourth-order valence-electron chi connectivity index (χ4n) is 2.55. The average molecular weight is 367 g/mol. The van der Waals surface area contributed by atoms with Gasteiger partial charge in [-0.05, 0) is 32.4 Å². The highest BCUT2D eigenvalue weighted by molar-refractivity contribution is 7.14. The molecule has 0 saturated carbocycles. The normalized spacial score (nSPS) is 11.2. The van der Waals surface area contributed by atoms with Crippen LogP contribution in [0.5, 0.6) is 0 Å². The van der Waals surface area contributed by atoms with Crippen molar-refractivity contribution in [2.24, 2.45) is 0 Å². The van der Waals surface area contributed by atoms with Crippen molar-refractivity contribution in [1.82, 2.24) is 15.5 Å². The predicted octanol–water partition coefficient (Wildman–Crippen LogP) is 4.73. The third-order valence-corrected chi connectivity index (χ3v) is 5.02. The van der Waals surface area contributed by atoms with Gasteiger partial charge < -0.3 is 9.84 Å². The molecule has 3 aromatic rings. The van der Waals surface area contributed by atoms with Crippen molar-refractivity contribution >= 4 is 29.4 Å². The highest BCUT2D eigenvalue weighted by atomic mass is 32.1. The lowest BCUT2D eigenvalue weighted by Crippen LogP contribution is -2.23. The van der Waals surface area contributed by atoms with Crippen LogP contribution in [0.1, 0.15) is 45.0 Å². The molecule has 0 bridgehead atoms. The Morgan fingerprint density at radius 3 is 2.73 bits per heavy atom. The second kappa shape index (κ2) is 8.10. The number of nitrogens with one attached hydrogen (secondary N) is 1. The number of rotatable bonds is 6. The topological polar surface area (TPSA) is 68.0 Å². The molecule has 0 atom stereocenters. The molecule has 0 aliphatic rings. The Bertz CT molecular complexity index is 926. The summed E-state index contributed by atoms with van der Waals surface area (Å²) in [5.41, 5.74) is 3.46. The number of nitrogens with zero attached hydrogens (tertiary/aromatic N) is 2. The zero-order valence-corrected chi connectivity index (χ0v) is 15.9. The summed E-state index contributed by atoms with van der Waals surface area (Å²) in [6.45, 7) is 6.44. The van der Waals surface area contributed by atoms with Crippen LogP contribution < -0.4 is 5.32 Å². The van der Waals surface area contributed by atoms with E-state index in [-0.39, 0.29) is 5.91 Å². The van der Waals surface area contributed by atoms with E-state index >= 15 is 0 Å². The van der Waals surface area contributed by atoms with Gasteiger partial charge in [0.05, 0.1) is 5.69 Å². The molecule has 26 heavy (non-hydrogen) atoms. The van der Waals surface area contributed by atoms with Gasteiger partial charge in [0.25, 0.3) is 5.91 Å². The minimum absolute atomic E-state index is 0.0624. The van der Waals surface area contributed by atoms with Crippen LogP contribution in [-0.2, 0) is 0 Å². The standard InChI is InChI=1S/C20H21N3O2S/c1-4-12-21-20(24)19-13(2)22-17(26-19)11-10-16-14(3)25-23-18(16)15-8-6-5-7-9-15/h5-11H,4,12H2,1-3H3,(H,21,24). The maximum absolute atomic E-state index is 12.2.